The van der Waals surface area contributed by atoms with E-state index in [0.717, 1.165) is 77.4 Å². The third kappa shape index (κ3) is 8.01. The maximum absolute atomic E-state index is 15.4. The van der Waals surface area contributed by atoms with E-state index in [1.54, 1.807) is 6.20 Å². The molecular weight excluding hydrogens is 794 g/mol. The fourth-order valence-corrected chi connectivity index (χ4v) is 9.04. The second kappa shape index (κ2) is 17.1. The number of halogens is 1. The molecule has 3 N–H and O–H groups in total. The number of rotatable bonds is 12. The van der Waals surface area contributed by atoms with Crippen LogP contribution < -0.4 is 21.1 Å². The summed E-state index contributed by atoms with van der Waals surface area (Å²) < 4.78 is 17.3. The SMILES string of the molecule is CCCc1cc(C)[nH]c(=O)c1CNC(=O)c1cc(-c2ccc(N3CCC(N(C)Cc4cc(F)c5c(c4)C(=O)N(C4CCC(=O)NC4=O)C5=O)CC3)nc2)cc2c1cnn2C(C)C. The van der Waals surface area contributed by atoms with Gasteiger partial charge in [0, 0.05) is 73.1 Å². The van der Waals surface area contributed by atoms with Crippen molar-refractivity contribution in [3.63, 3.8) is 0 Å². The van der Waals surface area contributed by atoms with Crippen molar-refractivity contribution < 1.29 is 28.4 Å². The molecule has 2 fully saturated rings. The Morgan fingerprint density at radius 2 is 1.76 bits per heavy atom. The fraction of sp³-hybridized carbons (Fsp3) is 0.391. The van der Waals surface area contributed by atoms with E-state index in [1.807, 2.05) is 69.0 Å². The van der Waals surface area contributed by atoms with Gasteiger partial charge in [-0.05, 0) is 113 Å². The smallest absolute Gasteiger partial charge is 0.265 e. The van der Waals surface area contributed by atoms with Crippen LogP contribution in [0, 0.1) is 12.7 Å². The highest BCUT2D eigenvalue weighted by atomic mass is 19.1. The Kier molecular flexibility index (Phi) is 11.6. The van der Waals surface area contributed by atoms with E-state index < -0.39 is 35.5 Å². The molecule has 1 atom stereocenters. The number of fused-ring (bicyclic) bond motifs is 2. The number of nitrogens with one attached hydrogen (secondary N) is 3. The van der Waals surface area contributed by atoms with Crippen LogP contribution in [0.1, 0.15) is 112 Å². The monoisotopic (exact) mass is 843 g/mol. The van der Waals surface area contributed by atoms with E-state index in [0.29, 0.717) is 28.6 Å². The van der Waals surface area contributed by atoms with Crippen molar-refractivity contribution in [2.45, 2.75) is 97.4 Å². The number of carbonyl (C=O) groups is 5. The number of hydrogen-bond acceptors (Lipinski definition) is 10. The number of carbonyl (C=O) groups excluding carboxylic acids is 5. The van der Waals surface area contributed by atoms with Crippen molar-refractivity contribution in [2.24, 2.45) is 0 Å². The Morgan fingerprint density at radius 3 is 2.45 bits per heavy atom. The van der Waals surface area contributed by atoms with E-state index in [1.165, 1.54) is 12.1 Å². The number of benzene rings is 2. The van der Waals surface area contributed by atoms with Crippen LogP contribution in [0.3, 0.4) is 0 Å². The van der Waals surface area contributed by atoms with Crippen molar-refractivity contribution in [1.82, 2.24) is 40.2 Å². The van der Waals surface area contributed by atoms with Gasteiger partial charge in [-0.1, -0.05) is 13.3 Å². The van der Waals surface area contributed by atoms with Crippen LogP contribution in [0.25, 0.3) is 22.0 Å². The number of amides is 5. The lowest BCUT2D eigenvalue weighted by Gasteiger charge is -2.37. The molecule has 0 bridgehead atoms. The lowest BCUT2D eigenvalue weighted by atomic mass is 9.99. The molecular formula is C46H50FN9O6. The number of hydrogen-bond donors (Lipinski definition) is 3. The molecule has 62 heavy (non-hydrogen) atoms. The molecule has 0 saturated carbocycles. The second-order valence-corrected chi connectivity index (χ2v) is 16.8. The molecule has 2 aromatic carbocycles. The summed E-state index contributed by atoms with van der Waals surface area (Å²) in [7, 11) is 1.95. The summed E-state index contributed by atoms with van der Waals surface area (Å²) in [6.07, 6.45) is 6.71. The first kappa shape index (κ1) is 42.2. The molecule has 0 spiro atoms. The van der Waals surface area contributed by atoms with Crippen molar-refractivity contribution in [1.29, 1.82) is 0 Å². The zero-order valence-corrected chi connectivity index (χ0v) is 35.5. The van der Waals surface area contributed by atoms with Gasteiger partial charge in [0.05, 0.1) is 28.4 Å². The van der Waals surface area contributed by atoms with Gasteiger partial charge in [0.15, 0.2) is 0 Å². The van der Waals surface area contributed by atoms with E-state index in [2.05, 4.69) is 37.4 Å². The molecule has 322 valence electrons. The highest BCUT2D eigenvalue weighted by Gasteiger charge is 2.46. The molecule has 1 unspecified atom stereocenters. The standard InChI is InChI=1S/C46H50FN9O6/c1-6-7-28-16-26(4)51-43(59)34(28)22-49-42(58)32-19-30(20-38-35(32)23-50-56(38)25(2)3)29-8-10-39(48-21-29)54-14-12-31(13-15-54)53(5)24-27-17-33-41(36(47)18-27)46(62)55(45(33)61)37-9-11-40(57)52-44(37)60/h8,10,16-21,23,25,31,37H,6-7,9,11-15,22,24H2,1-5H3,(H,49,58)(H,51,59)(H,52,57,60). The zero-order chi connectivity index (χ0) is 44.0. The fourth-order valence-electron chi connectivity index (χ4n) is 9.04. The maximum atomic E-state index is 15.4. The van der Waals surface area contributed by atoms with Gasteiger partial charge >= 0.3 is 0 Å². The number of piperidine rings is 2. The van der Waals surface area contributed by atoms with E-state index >= 15 is 4.39 Å². The number of anilines is 1. The molecule has 6 heterocycles. The topological polar surface area (TPSA) is 183 Å². The minimum atomic E-state index is -1.17. The highest BCUT2D eigenvalue weighted by molar-refractivity contribution is 6.23. The third-order valence-electron chi connectivity index (χ3n) is 12.2. The number of aromatic nitrogens is 4. The van der Waals surface area contributed by atoms with Gasteiger partial charge in [-0.25, -0.2) is 9.37 Å². The van der Waals surface area contributed by atoms with Gasteiger partial charge in [0.2, 0.25) is 11.8 Å². The number of nitrogens with zero attached hydrogens (tertiary/aromatic N) is 6. The Balaban J connectivity index is 0.934. The summed E-state index contributed by atoms with van der Waals surface area (Å²) in [6, 6.07) is 11.7. The van der Waals surface area contributed by atoms with E-state index in [-0.39, 0.29) is 54.1 Å². The first-order valence-electron chi connectivity index (χ1n) is 21.2. The molecule has 2 saturated heterocycles. The number of pyridine rings is 2. The Morgan fingerprint density at radius 1 is 0.984 bits per heavy atom. The average molecular weight is 844 g/mol. The van der Waals surface area contributed by atoms with E-state index in [4.69, 9.17) is 4.98 Å². The Labute approximate surface area is 357 Å². The summed E-state index contributed by atoms with van der Waals surface area (Å²) in [5.74, 6) is -3.13. The molecule has 8 rings (SSSR count). The zero-order valence-electron chi connectivity index (χ0n) is 35.5. The van der Waals surface area contributed by atoms with Gasteiger partial charge in [0.25, 0.3) is 23.3 Å². The average Bonchev–Trinajstić information content (AvgIpc) is 3.78. The number of H-pyrrole nitrogens is 1. The van der Waals surface area contributed by atoms with Gasteiger partial charge in [-0.15, -0.1) is 0 Å². The Bertz CT molecular complexity index is 2680. The molecule has 15 nitrogen and oxygen atoms in total. The summed E-state index contributed by atoms with van der Waals surface area (Å²) in [6.45, 7) is 9.86. The molecule has 16 heteroatoms. The normalized spacial score (nSPS) is 17.1. The molecule has 0 radical (unpaired) electrons. The minimum absolute atomic E-state index is 0.00435. The molecule has 3 aliphatic rings. The molecule has 5 amide bonds. The Hall–Kier alpha value is -6.55. The lowest BCUT2D eigenvalue weighted by molar-refractivity contribution is -0.136. The van der Waals surface area contributed by atoms with Crippen LogP contribution in [0.2, 0.25) is 0 Å². The van der Waals surface area contributed by atoms with Crippen LogP contribution in [0.5, 0.6) is 0 Å². The molecule has 3 aliphatic heterocycles. The quantitative estimate of drug-likeness (QED) is 0.141. The highest BCUT2D eigenvalue weighted by Crippen LogP contribution is 2.33. The summed E-state index contributed by atoms with van der Waals surface area (Å²) in [5.41, 5.74) is 5.09. The van der Waals surface area contributed by atoms with Crippen molar-refractivity contribution in [3.05, 3.63) is 110 Å². The lowest BCUT2D eigenvalue weighted by Crippen LogP contribution is -2.54. The van der Waals surface area contributed by atoms with Crippen molar-refractivity contribution in [2.75, 3.05) is 25.0 Å². The first-order chi connectivity index (χ1) is 29.7. The summed E-state index contributed by atoms with van der Waals surface area (Å²) in [5, 5.41) is 10.5. The number of imide groups is 2. The van der Waals surface area contributed by atoms with Crippen LogP contribution >= 0.6 is 0 Å². The first-order valence-corrected chi connectivity index (χ1v) is 21.2. The second-order valence-electron chi connectivity index (χ2n) is 16.8. The van der Waals surface area contributed by atoms with Crippen LogP contribution in [0.15, 0.2) is 59.7 Å². The van der Waals surface area contributed by atoms with Crippen molar-refractivity contribution >= 4 is 46.3 Å². The third-order valence-corrected chi connectivity index (χ3v) is 12.2. The molecule has 5 aromatic rings. The number of aryl methyl sites for hydroxylation is 2. The predicted molar refractivity (Wildman–Crippen MR) is 230 cm³/mol. The largest absolute Gasteiger partial charge is 0.357 e. The summed E-state index contributed by atoms with van der Waals surface area (Å²) >= 11 is 0. The molecule has 0 aliphatic carbocycles. The van der Waals surface area contributed by atoms with Crippen LogP contribution in [-0.2, 0) is 29.1 Å². The van der Waals surface area contributed by atoms with Crippen molar-refractivity contribution in [3.8, 4) is 11.1 Å². The van der Waals surface area contributed by atoms with Gasteiger partial charge < -0.3 is 15.2 Å². The van der Waals surface area contributed by atoms with Gasteiger partial charge in [0.1, 0.15) is 17.7 Å². The number of aromatic amines is 1. The summed E-state index contributed by atoms with van der Waals surface area (Å²) in [4.78, 5) is 90.2. The van der Waals surface area contributed by atoms with Gasteiger partial charge in [-0.3, -0.25) is 48.6 Å². The van der Waals surface area contributed by atoms with Crippen LogP contribution in [-0.4, -0.2) is 91.3 Å². The van der Waals surface area contributed by atoms with Crippen LogP contribution in [0.4, 0.5) is 10.2 Å². The minimum Gasteiger partial charge on any atom is -0.357 e. The molecule has 3 aromatic heterocycles. The van der Waals surface area contributed by atoms with E-state index in [9.17, 15) is 28.8 Å². The maximum Gasteiger partial charge on any atom is 0.265 e. The van der Waals surface area contributed by atoms with Gasteiger partial charge in [-0.2, -0.15) is 5.10 Å². The predicted octanol–water partition coefficient (Wildman–Crippen LogP) is 5.20.